The number of carbonyl (C=O) groups is 1. The van der Waals surface area contributed by atoms with Gasteiger partial charge in [0.2, 0.25) is 0 Å². The summed E-state index contributed by atoms with van der Waals surface area (Å²) in [5.41, 5.74) is 3.98. The number of hydrogen-bond donors (Lipinski definition) is 1. The van der Waals surface area contributed by atoms with E-state index < -0.39 is 0 Å². The van der Waals surface area contributed by atoms with Gasteiger partial charge >= 0.3 is 0 Å². The number of carbonyl (C=O) groups excluding carboxylic acids is 1. The first-order valence-corrected chi connectivity index (χ1v) is 7.94. The van der Waals surface area contributed by atoms with Crippen molar-refractivity contribution < 1.29 is 14.3 Å². The highest BCUT2D eigenvalue weighted by Crippen LogP contribution is 2.28. The van der Waals surface area contributed by atoms with Gasteiger partial charge in [0, 0.05) is 24.3 Å². The van der Waals surface area contributed by atoms with Crippen molar-refractivity contribution in [2.24, 2.45) is 0 Å². The molecule has 0 saturated carbocycles. The summed E-state index contributed by atoms with van der Waals surface area (Å²) >= 11 is 0. The number of likely N-dealkylation sites (N-methyl/N-ethyl adjacent to an activating group) is 1. The second-order valence-corrected chi connectivity index (χ2v) is 6.00. The predicted molar refractivity (Wildman–Crippen MR) is 94.0 cm³/mol. The zero-order chi connectivity index (χ0) is 17.1. The first-order valence-electron chi connectivity index (χ1n) is 7.94. The SMILES string of the molecule is COc1ccc(C(=O)Nc2ccc3c(c2)CCN(C)C3)cc1OC. The highest BCUT2D eigenvalue weighted by molar-refractivity contribution is 6.04. The van der Waals surface area contributed by atoms with Gasteiger partial charge in [-0.3, -0.25) is 4.79 Å². The molecule has 5 heteroatoms. The van der Waals surface area contributed by atoms with Crippen LogP contribution >= 0.6 is 0 Å². The van der Waals surface area contributed by atoms with E-state index in [1.54, 1.807) is 32.4 Å². The minimum Gasteiger partial charge on any atom is -0.493 e. The molecule has 1 heterocycles. The number of fused-ring (bicyclic) bond motifs is 1. The van der Waals surface area contributed by atoms with Crippen LogP contribution in [0.25, 0.3) is 0 Å². The molecule has 0 fully saturated rings. The van der Waals surface area contributed by atoms with Gasteiger partial charge in [-0.1, -0.05) is 6.07 Å². The maximum Gasteiger partial charge on any atom is 0.255 e. The van der Waals surface area contributed by atoms with E-state index in [0.717, 1.165) is 25.2 Å². The number of amides is 1. The lowest BCUT2D eigenvalue weighted by Crippen LogP contribution is -2.26. The largest absolute Gasteiger partial charge is 0.493 e. The summed E-state index contributed by atoms with van der Waals surface area (Å²) < 4.78 is 10.5. The van der Waals surface area contributed by atoms with Crippen LogP contribution in [-0.2, 0) is 13.0 Å². The number of benzene rings is 2. The van der Waals surface area contributed by atoms with Crippen molar-refractivity contribution in [2.75, 3.05) is 33.1 Å². The van der Waals surface area contributed by atoms with Gasteiger partial charge < -0.3 is 19.7 Å². The summed E-state index contributed by atoms with van der Waals surface area (Å²) in [6.07, 6.45) is 1.01. The lowest BCUT2D eigenvalue weighted by atomic mass is 9.99. The quantitative estimate of drug-likeness (QED) is 0.938. The first-order chi connectivity index (χ1) is 11.6. The Morgan fingerprint density at radius 1 is 1.04 bits per heavy atom. The van der Waals surface area contributed by atoms with Crippen LogP contribution in [0.4, 0.5) is 5.69 Å². The molecule has 24 heavy (non-hydrogen) atoms. The average molecular weight is 326 g/mol. The molecule has 1 amide bonds. The smallest absolute Gasteiger partial charge is 0.255 e. The van der Waals surface area contributed by atoms with Gasteiger partial charge in [-0.25, -0.2) is 0 Å². The van der Waals surface area contributed by atoms with E-state index in [1.165, 1.54) is 11.1 Å². The summed E-state index contributed by atoms with van der Waals surface area (Å²) in [5, 5.41) is 2.96. The number of rotatable bonds is 4. The maximum absolute atomic E-state index is 12.5. The Morgan fingerprint density at radius 2 is 1.83 bits per heavy atom. The second kappa shape index (κ2) is 6.93. The van der Waals surface area contributed by atoms with Gasteiger partial charge in [0.15, 0.2) is 11.5 Å². The van der Waals surface area contributed by atoms with Crippen molar-refractivity contribution in [1.82, 2.24) is 4.90 Å². The molecule has 5 nitrogen and oxygen atoms in total. The Hall–Kier alpha value is -2.53. The van der Waals surface area contributed by atoms with Crippen LogP contribution in [0.3, 0.4) is 0 Å². The lowest BCUT2D eigenvalue weighted by Gasteiger charge is -2.25. The van der Waals surface area contributed by atoms with Gasteiger partial charge in [-0.2, -0.15) is 0 Å². The van der Waals surface area contributed by atoms with E-state index >= 15 is 0 Å². The molecule has 1 aliphatic rings. The summed E-state index contributed by atoms with van der Waals surface area (Å²) in [6, 6.07) is 11.3. The fourth-order valence-electron chi connectivity index (χ4n) is 2.95. The molecule has 2 aromatic carbocycles. The lowest BCUT2D eigenvalue weighted by molar-refractivity contribution is 0.102. The number of anilines is 1. The highest BCUT2D eigenvalue weighted by Gasteiger charge is 2.15. The van der Waals surface area contributed by atoms with Crippen LogP contribution in [0.5, 0.6) is 11.5 Å². The van der Waals surface area contributed by atoms with Crippen LogP contribution in [0.1, 0.15) is 21.5 Å². The fourth-order valence-corrected chi connectivity index (χ4v) is 2.95. The van der Waals surface area contributed by atoms with Crippen molar-refractivity contribution in [1.29, 1.82) is 0 Å². The molecule has 0 aliphatic carbocycles. The van der Waals surface area contributed by atoms with Gasteiger partial charge in [-0.15, -0.1) is 0 Å². The molecule has 1 aliphatic heterocycles. The molecular formula is C19H22N2O3. The fraction of sp³-hybridized carbons (Fsp3) is 0.316. The Bertz CT molecular complexity index is 758. The minimum absolute atomic E-state index is 0.163. The number of nitrogens with zero attached hydrogens (tertiary/aromatic N) is 1. The molecule has 0 bridgehead atoms. The van der Waals surface area contributed by atoms with E-state index in [2.05, 4.69) is 29.4 Å². The van der Waals surface area contributed by atoms with Crippen molar-refractivity contribution in [3.8, 4) is 11.5 Å². The monoisotopic (exact) mass is 326 g/mol. The van der Waals surface area contributed by atoms with Crippen molar-refractivity contribution in [2.45, 2.75) is 13.0 Å². The van der Waals surface area contributed by atoms with Crippen LogP contribution < -0.4 is 14.8 Å². The highest BCUT2D eigenvalue weighted by atomic mass is 16.5. The average Bonchev–Trinajstić information content (AvgIpc) is 2.61. The standard InChI is InChI=1S/C19H22N2O3/c1-21-9-8-13-10-16(6-4-15(13)12-21)20-19(22)14-5-7-17(23-2)18(11-14)24-3/h4-7,10-11H,8-9,12H2,1-3H3,(H,20,22). The van der Waals surface area contributed by atoms with Gasteiger partial charge in [0.1, 0.15) is 0 Å². The molecule has 0 atom stereocenters. The van der Waals surface area contributed by atoms with E-state index in [-0.39, 0.29) is 5.91 Å². The number of methoxy groups -OCH3 is 2. The summed E-state index contributed by atoms with van der Waals surface area (Å²) in [7, 11) is 5.25. The molecule has 0 aromatic heterocycles. The molecular weight excluding hydrogens is 304 g/mol. The molecule has 0 saturated heterocycles. The Balaban J connectivity index is 1.78. The van der Waals surface area contributed by atoms with Gasteiger partial charge in [0.05, 0.1) is 14.2 Å². The van der Waals surface area contributed by atoms with E-state index in [1.807, 2.05) is 6.07 Å². The van der Waals surface area contributed by atoms with Gasteiger partial charge in [0.25, 0.3) is 5.91 Å². The van der Waals surface area contributed by atoms with Crippen LogP contribution in [0.15, 0.2) is 36.4 Å². The Kier molecular flexibility index (Phi) is 4.71. The van der Waals surface area contributed by atoms with Crippen molar-refractivity contribution in [3.05, 3.63) is 53.1 Å². The number of nitrogens with one attached hydrogen (secondary N) is 1. The third-order valence-corrected chi connectivity index (χ3v) is 4.31. The minimum atomic E-state index is -0.163. The predicted octanol–water partition coefficient (Wildman–Crippen LogP) is 2.94. The summed E-state index contributed by atoms with van der Waals surface area (Å²) in [4.78, 5) is 14.8. The number of ether oxygens (including phenoxy) is 2. The molecule has 3 rings (SSSR count). The third kappa shape index (κ3) is 3.36. The molecule has 0 radical (unpaired) electrons. The second-order valence-electron chi connectivity index (χ2n) is 6.00. The van der Waals surface area contributed by atoms with Crippen molar-refractivity contribution >= 4 is 11.6 Å². The normalized spacial score (nSPS) is 14.0. The van der Waals surface area contributed by atoms with Crippen LogP contribution in [0.2, 0.25) is 0 Å². The van der Waals surface area contributed by atoms with E-state index in [0.29, 0.717) is 17.1 Å². The van der Waals surface area contributed by atoms with E-state index in [9.17, 15) is 4.79 Å². The zero-order valence-electron chi connectivity index (χ0n) is 14.3. The Labute approximate surface area is 142 Å². The molecule has 2 aromatic rings. The van der Waals surface area contributed by atoms with Crippen LogP contribution in [-0.4, -0.2) is 38.6 Å². The van der Waals surface area contributed by atoms with Gasteiger partial charge in [-0.05, 0) is 54.9 Å². The molecule has 0 spiro atoms. The number of hydrogen-bond acceptors (Lipinski definition) is 4. The molecule has 0 unspecified atom stereocenters. The molecule has 126 valence electrons. The maximum atomic E-state index is 12.5. The van der Waals surface area contributed by atoms with E-state index in [4.69, 9.17) is 9.47 Å². The van der Waals surface area contributed by atoms with Crippen molar-refractivity contribution in [3.63, 3.8) is 0 Å². The summed E-state index contributed by atoms with van der Waals surface area (Å²) in [5.74, 6) is 0.981. The summed E-state index contributed by atoms with van der Waals surface area (Å²) in [6.45, 7) is 2.00. The van der Waals surface area contributed by atoms with Crippen LogP contribution in [0, 0.1) is 0 Å². The Morgan fingerprint density at radius 3 is 2.58 bits per heavy atom. The third-order valence-electron chi connectivity index (χ3n) is 4.31. The zero-order valence-corrected chi connectivity index (χ0v) is 14.3. The molecule has 1 N–H and O–H groups in total. The topological polar surface area (TPSA) is 50.8 Å². The first kappa shape index (κ1) is 16.3.